The molecule has 1 N–H and O–H groups in total. The van der Waals surface area contributed by atoms with Crippen LogP contribution in [0.3, 0.4) is 0 Å². The molecule has 2 aliphatic rings. The Morgan fingerprint density at radius 1 is 1.00 bits per heavy atom. The van der Waals surface area contributed by atoms with Crippen LogP contribution in [0.5, 0.6) is 11.5 Å². The number of nitrogens with zero attached hydrogens (tertiary/aromatic N) is 3. The molecule has 11 nitrogen and oxygen atoms in total. The second-order valence-electron chi connectivity index (χ2n) is 8.80. The minimum Gasteiger partial charge on any atom is -0.486 e. The molecule has 0 radical (unpaired) electrons. The second kappa shape index (κ2) is 7.47. The standard InChI is InChI=1S/C22H20N4O7/c1-22(2)10-15(24-23-14-4-3-12(25(27)28)7-16(14)26(29)30)21-13-8-18-19(32-6-5-31-18)9-17(13)33-20(21)11-22/h3-4,7-9,23H,5-6,10-11H2,1-2H3/b24-15+. The summed E-state index contributed by atoms with van der Waals surface area (Å²) in [6.45, 7) is 5.10. The Morgan fingerprint density at radius 3 is 2.42 bits per heavy atom. The van der Waals surface area contributed by atoms with Crippen LogP contribution in [0.1, 0.15) is 31.6 Å². The lowest BCUT2D eigenvalue weighted by Crippen LogP contribution is -2.27. The molecule has 0 bridgehead atoms. The van der Waals surface area contributed by atoms with Crippen molar-refractivity contribution in [3.63, 3.8) is 0 Å². The Bertz CT molecular complexity index is 1340. The number of hydrogen-bond acceptors (Lipinski definition) is 9. The summed E-state index contributed by atoms with van der Waals surface area (Å²) in [4.78, 5) is 21.1. The largest absolute Gasteiger partial charge is 0.486 e. The molecule has 0 fully saturated rings. The molecule has 0 unspecified atom stereocenters. The molecular weight excluding hydrogens is 432 g/mol. The molecule has 11 heteroatoms. The molecule has 1 aromatic heterocycles. The maximum absolute atomic E-state index is 11.5. The highest BCUT2D eigenvalue weighted by molar-refractivity contribution is 6.13. The molecule has 0 atom stereocenters. The van der Waals surface area contributed by atoms with Crippen LogP contribution in [-0.4, -0.2) is 28.8 Å². The van der Waals surface area contributed by atoms with E-state index in [1.54, 1.807) is 6.07 Å². The summed E-state index contributed by atoms with van der Waals surface area (Å²) >= 11 is 0. The monoisotopic (exact) mass is 452 g/mol. The molecule has 170 valence electrons. The molecule has 0 amide bonds. The predicted molar refractivity (Wildman–Crippen MR) is 119 cm³/mol. The SMILES string of the molecule is CC1(C)C/C(=N\Nc2ccc([N+](=O)[O-])cc2[N+](=O)[O-])c2c(oc3cc4c(cc23)OCCO4)C1. The van der Waals surface area contributed by atoms with Gasteiger partial charge in [0.2, 0.25) is 0 Å². The zero-order chi connectivity index (χ0) is 23.3. The highest BCUT2D eigenvalue weighted by Crippen LogP contribution is 2.44. The number of benzene rings is 2. The number of rotatable bonds is 4. The lowest BCUT2D eigenvalue weighted by atomic mass is 9.75. The van der Waals surface area contributed by atoms with Crippen LogP contribution in [0.2, 0.25) is 0 Å². The molecule has 0 saturated carbocycles. The van der Waals surface area contributed by atoms with Gasteiger partial charge < -0.3 is 13.9 Å². The van der Waals surface area contributed by atoms with E-state index < -0.39 is 15.5 Å². The summed E-state index contributed by atoms with van der Waals surface area (Å²) in [5.41, 5.74) is 4.00. The van der Waals surface area contributed by atoms with Gasteiger partial charge in [0.1, 0.15) is 30.2 Å². The molecule has 0 saturated heterocycles. The average molecular weight is 452 g/mol. The van der Waals surface area contributed by atoms with E-state index in [0.29, 0.717) is 48.8 Å². The molecule has 0 spiro atoms. The van der Waals surface area contributed by atoms with E-state index in [4.69, 9.17) is 13.9 Å². The van der Waals surface area contributed by atoms with Gasteiger partial charge in [0.05, 0.1) is 21.6 Å². The summed E-state index contributed by atoms with van der Waals surface area (Å²) in [7, 11) is 0. The summed E-state index contributed by atoms with van der Waals surface area (Å²) in [5.74, 6) is 2.01. The number of non-ortho nitro benzene ring substituents is 1. The normalized spacial score (nSPS) is 17.6. The van der Waals surface area contributed by atoms with Crippen molar-refractivity contribution in [2.45, 2.75) is 26.7 Å². The number of nitro benzene ring substituents is 2. The smallest absolute Gasteiger partial charge is 0.301 e. The first-order valence-corrected chi connectivity index (χ1v) is 10.3. The van der Waals surface area contributed by atoms with Gasteiger partial charge in [0, 0.05) is 29.5 Å². The van der Waals surface area contributed by atoms with E-state index >= 15 is 0 Å². The lowest BCUT2D eigenvalue weighted by molar-refractivity contribution is -0.393. The van der Waals surface area contributed by atoms with Gasteiger partial charge in [0.15, 0.2) is 11.5 Å². The van der Waals surface area contributed by atoms with Crippen molar-refractivity contribution in [1.82, 2.24) is 0 Å². The molecule has 3 aromatic rings. The number of hydrazone groups is 1. The van der Waals surface area contributed by atoms with Gasteiger partial charge in [-0.3, -0.25) is 25.7 Å². The zero-order valence-electron chi connectivity index (χ0n) is 17.9. The first-order valence-electron chi connectivity index (χ1n) is 10.3. The zero-order valence-corrected chi connectivity index (χ0v) is 17.9. The highest BCUT2D eigenvalue weighted by Gasteiger charge is 2.35. The van der Waals surface area contributed by atoms with E-state index in [1.807, 2.05) is 6.07 Å². The van der Waals surface area contributed by atoms with Crippen LogP contribution in [0.25, 0.3) is 11.0 Å². The molecule has 1 aliphatic carbocycles. The van der Waals surface area contributed by atoms with Gasteiger partial charge in [-0.05, 0) is 24.0 Å². The molecule has 2 aromatic carbocycles. The molecule has 2 heterocycles. The van der Waals surface area contributed by atoms with Crippen molar-refractivity contribution in [3.05, 3.63) is 61.9 Å². The van der Waals surface area contributed by atoms with Crippen LogP contribution in [0, 0.1) is 25.6 Å². The minimum absolute atomic E-state index is 0.0601. The third kappa shape index (κ3) is 3.71. The highest BCUT2D eigenvalue weighted by atomic mass is 16.6. The molecule has 5 rings (SSSR count). The van der Waals surface area contributed by atoms with Crippen LogP contribution < -0.4 is 14.9 Å². The number of anilines is 1. The topological polar surface area (TPSA) is 142 Å². The number of nitro groups is 2. The molecule has 33 heavy (non-hydrogen) atoms. The third-order valence-electron chi connectivity index (χ3n) is 5.70. The lowest BCUT2D eigenvalue weighted by Gasteiger charge is -2.29. The van der Waals surface area contributed by atoms with Gasteiger partial charge in [0.25, 0.3) is 5.69 Å². The first-order chi connectivity index (χ1) is 15.7. The van der Waals surface area contributed by atoms with E-state index in [9.17, 15) is 20.2 Å². The summed E-state index contributed by atoms with van der Waals surface area (Å²) in [5, 5.41) is 27.8. The van der Waals surface area contributed by atoms with Gasteiger partial charge in [-0.25, -0.2) is 0 Å². The van der Waals surface area contributed by atoms with Crippen molar-refractivity contribution >= 4 is 33.7 Å². The Labute approximate surface area is 187 Å². The maximum Gasteiger partial charge on any atom is 0.301 e. The number of nitrogens with one attached hydrogen (secondary N) is 1. The van der Waals surface area contributed by atoms with Gasteiger partial charge in [-0.1, -0.05) is 13.8 Å². The van der Waals surface area contributed by atoms with Gasteiger partial charge in [-0.15, -0.1) is 0 Å². The quantitative estimate of drug-likeness (QED) is 0.439. The fourth-order valence-corrected chi connectivity index (χ4v) is 4.27. The van der Waals surface area contributed by atoms with Crippen molar-refractivity contribution in [1.29, 1.82) is 0 Å². The predicted octanol–water partition coefficient (Wildman–Crippen LogP) is 4.81. The minimum atomic E-state index is -0.678. The number of ether oxygens (including phenoxy) is 2. The fraction of sp³-hybridized carbons (Fsp3) is 0.318. The second-order valence-corrected chi connectivity index (χ2v) is 8.80. The van der Waals surface area contributed by atoms with E-state index in [0.717, 1.165) is 22.8 Å². The van der Waals surface area contributed by atoms with Crippen molar-refractivity contribution < 1.29 is 23.7 Å². The Balaban J connectivity index is 1.59. The number of fused-ring (bicyclic) bond motifs is 4. The van der Waals surface area contributed by atoms with Gasteiger partial charge >= 0.3 is 5.69 Å². The van der Waals surface area contributed by atoms with Crippen LogP contribution in [0.4, 0.5) is 17.1 Å². The average Bonchev–Trinajstić information content (AvgIpc) is 3.11. The number of furan rings is 1. The van der Waals surface area contributed by atoms with Crippen molar-refractivity contribution in [3.8, 4) is 11.5 Å². The van der Waals surface area contributed by atoms with Crippen LogP contribution in [0.15, 0.2) is 39.9 Å². The summed E-state index contributed by atoms with van der Waals surface area (Å²) in [6, 6.07) is 7.07. The third-order valence-corrected chi connectivity index (χ3v) is 5.70. The molecular formula is C22H20N4O7. The summed E-state index contributed by atoms with van der Waals surface area (Å²) in [6.07, 6.45) is 1.29. The van der Waals surface area contributed by atoms with Crippen LogP contribution in [-0.2, 0) is 6.42 Å². The fourth-order valence-electron chi connectivity index (χ4n) is 4.27. The summed E-state index contributed by atoms with van der Waals surface area (Å²) < 4.78 is 17.5. The van der Waals surface area contributed by atoms with Crippen molar-refractivity contribution in [2.24, 2.45) is 10.5 Å². The first kappa shape index (κ1) is 20.7. The van der Waals surface area contributed by atoms with E-state index in [1.165, 1.54) is 12.1 Å². The Hall–Kier alpha value is -4.15. The number of hydrogen-bond donors (Lipinski definition) is 1. The Morgan fingerprint density at radius 2 is 1.73 bits per heavy atom. The van der Waals surface area contributed by atoms with Crippen LogP contribution >= 0.6 is 0 Å². The van der Waals surface area contributed by atoms with Gasteiger partial charge in [-0.2, -0.15) is 5.10 Å². The van der Waals surface area contributed by atoms with E-state index in [-0.39, 0.29) is 16.8 Å². The van der Waals surface area contributed by atoms with E-state index in [2.05, 4.69) is 24.4 Å². The maximum atomic E-state index is 11.5. The Kier molecular flexibility index (Phi) is 4.69. The van der Waals surface area contributed by atoms with Crippen molar-refractivity contribution in [2.75, 3.05) is 18.6 Å². The molecule has 1 aliphatic heterocycles.